The van der Waals surface area contributed by atoms with Gasteiger partial charge < -0.3 is 9.47 Å². The average Bonchev–Trinajstić information content (AvgIpc) is 1.97. The minimum Gasteiger partial charge on any atom is -0.448 e. The molecule has 0 saturated carbocycles. The van der Waals surface area contributed by atoms with Crippen molar-refractivity contribution < 1.29 is 9.47 Å². The predicted octanol–water partition coefficient (Wildman–Crippen LogP) is 2.73. The highest BCUT2D eigenvalue weighted by atomic mass is 35.6. The summed E-state index contributed by atoms with van der Waals surface area (Å²) in [7, 11) is 1.46. The molecule has 1 N–H and O–H groups in total. The van der Waals surface area contributed by atoms with E-state index in [1.165, 1.54) is 7.11 Å². The van der Waals surface area contributed by atoms with Crippen LogP contribution in [0.25, 0.3) is 0 Å². The monoisotopic (exact) mass is 233 g/mol. The number of alkyl halides is 3. The fraction of sp³-hybridized carbons (Fsp3) is 0.833. The number of methoxy groups -OCH3 is 1. The van der Waals surface area contributed by atoms with Crippen LogP contribution in [-0.4, -0.2) is 23.1 Å². The first-order chi connectivity index (χ1) is 5.41. The molecule has 0 aromatic rings. The van der Waals surface area contributed by atoms with Crippen molar-refractivity contribution in [1.29, 1.82) is 5.41 Å². The van der Waals surface area contributed by atoms with Crippen molar-refractivity contribution in [3.8, 4) is 0 Å². The van der Waals surface area contributed by atoms with Gasteiger partial charge in [-0.25, -0.2) is 0 Å². The van der Waals surface area contributed by atoms with Gasteiger partial charge in [-0.1, -0.05) is 41.7 Å². The van der Waals surface area contributed by atoms with E-state index in [9.17, 15) is 0 Å². The minimum atomic E-state index is -1.81. The first-order valence-corrected chi connectivity index (χ1v) is 4.40. The normalized spacial score (nSPS) is 14.1. The number of hydrogen-bond acceptors (Lipinski definition) is 3. The van der Waals surface area contributed by atoms with Crippen LogP contribution in [-0.2, 0) is 9.47 Å². The van der Waals surface area contributed by atoms with E-state index < -0.39 is 16.0 Å². The van der Waals surface area contributed by atoms with Crippen molar-refractivity contribution in [1.82, 2.24) is 0 Å². The van der Waals surface area contributed by atoms with Crippen LogP contribution >= 0.6 is 34.8 Å². The standard InChI is InChI=1S/C6H10Cl3NO2/c1-3-4(11-2)12-5(10)6(7,8)9/h4,10H,3H2,1-2H3/t4-/m0/s1. The summed E-state index contributed by atoms with van der Waals surface area (Å²) in [5, 5.41) is 7.18. The molecule has 0 saturated heterocycles. The molecule has 0 rings (SSSR count). The van der Waals surface area contributed by atoms with Gasteiger partial charge in [-0.05, 0) is 0 Å². The highest BCUT2D eigenvalue weighted by molar-refractivity contribution is 6.76. The molecule has 0 aromatic heterocycles. The van der Waals surface area contributed by atoms with Gasteiger partial charge in [0.15, 0.2) is 0 Å². The molecule has 0 aromatic carbocycles. The van der Waals surface area contributed by atoms with Gasteiger partial charge in [0, 0.05) is 13.5 Å². The van der Waals surface area contributed by atoms with Crippen LogP contribution in [0.3, 0.4) is 0 Å². The topological polar surface area (TPSA) is 42.3 Å². The Morgan fingerprint density at radius 1 is 1.50 bits per heavy atom. The maximum Gasteiger partial charge on any atom is 0.265 e. The van der Waals surface area contributed by atoms with Gasteiger partial charge in [-0.2, -0.15) is 0 Å². The Labute approximate surface area is 86.4 Å². The van der Waals surface area contributed by atoms with E-state index in [1.54, 1.807) is 0 Å². The molecule has 0 heterocycles. The summed E-state index contributed by atoms with van der Waals surface area (Å²) < 4.78 is 7.89. The zero-order valence-electron chi connectivity index (χ0n) is 6.73. The molecule has 0 aliphatic carbocycles. The Kier molecular flexibility index (Phi) is 5.25. The zero-order chi connectivity index (χ0) is 9.78. The second-order valence-corrected chi connectivity index (χ2v) is 4.30. The summed E-state index contributed by atoms with van der Waals surface area (Å²) in [4.78, 5) is 0. The molecule has 0 amide bonds. The van der Waals surface area contributed by atoms with Crippen LogP contribution < -0.4 is 0 Å². The second kappa shape index (κ2) is 5.12. The molecule has 0 aliphatic heterocycles. The van der Waals surface area contributed by atoms with E-state index in [4.69, 9.17) is 49.7 Å². The molecule has 0 radical (unpaired) electrons. The number of hydrogen-bond donors (Lipinski definition) is 1. The summed E-state index contributed by atoms with van der Waals surface area (Å²) in [6, 6.07) is 0. The first kappa shape index (κ1) is 12.3. The van der Waals surface area contributed by atoms with Crippen LogP contribution in [0.15, 0.2) is 0 Å². The highest BCUT2D eigenvalue weighted by Crippen LogP contribution is 2.28. The molecule has 6 heteroatoms. The van der Waals surface area contributed by atoms with Crippen molar-refractivity contribution in [2.24, 2.45) is 0 Å². The molecule has 0 aliphatic rings. The van der Waals surface area contributed by atoms with Gasteiger partial charge in [0.2, 0.25) is 12.2 Å². The Balaban J connectivity index is 3.99. The predicted molar refractivity (Wildman–Crippen MR) is 50.2 cm³/mol. The van der Waals surface area contributed by atoms with E-state index in [-0.39, 0.29) is 0 Å². The Morgan fingerprint density at radius 3 is 2.25 bits per heavy atom. The van der Waals surface area contributed by atoms with Crippen molar-refractivity contribution in [3.05, 3.63) is 0 Å². The third kappa shape index (κ3) is 4.36. The Hall–Kier alpha value is 0.300. The van der Waals surface area contributed by atoms with E-state index in [0.29, 0.717) is 6.42 Å². The third-order valence-electron chi connectivity index (χ3n) is 1.10. The fourth-order valence-electron chi connectivity index (χ4n) is 0.496. The third-order valence-corrected chi connectivity index (χ3v) is 1.62. The van der Waals surface area contributed by atoms with Gasteiger partial charge in [-0.15, -0.1) is 0 Å². The van der Waals surface area contributed by atoms with Crippen molar-refractivity contribution >= 4 is 40.7 Å². The molecule has 0 bridgehead atoms. The molecule has 0 spiro atoms. The summed E-state index contributed by atoms with van der Waals surface area (Å²) in [5.74, 6) is -0.429. The summed E-state index contributed by atoms with van der Waals surface area (Å²) in [6.45, 7) is 1.83. The van der Waals surface area contributed by atoms with Crippen molar-refractivity contribution in [2.45, 2.75) is 23.4 Å². The maximum atomic E-state index is 7.18. The van der Waals surface area contributed by atoms with E-state index in [0.717, 1.165) is 0 Å². The molecule has 12 heavy (non-hydrogen) atoms. The summed E-state index contributed by atoms with van der Waals surface area (Å²) >= 11 is 16.1. The van der Waals surface area contributed by atoms with Gasteiger partial charge >= 0.3 is 0 Å². The quantitative estimate of drug-likeness (QED) is 0.353. The molecule has 3 nitrogen and oxygen atoms in total. The minimum absolute atomic E-state index is 0.429. The summed E-state index contributed by atoms with van der Waals surface area (Å²) in [5.41, 5.74) is 0. The number of halogens is 3. The largest absolute Gasteiger partial charge is 0.448 e. The molecule has 72 valence electrons. The number of ether oxygens (including phenoxy) is 2. The smallest absolute Gasteiger partial charge is 0.265 e. The van der Waals surface area contributed by atoms with Crippen LogP contribution in [0.2, 0.25) is 0 Å². The number of nitrogens with one attached hydrogen (secondary N) is 1. The van der Waals surface area contributed by atoms with Gasteiger partial charge in [0.1, 0.15) is 0 Å². The Bertz CT molecular complexity index is 153. The SMILES string of the molecule is CC[C@@H](OC)OC(=N)C(Cl)(Cl)Cl. The molecular formula is C6H10Cl3NO2. The fourth-order valence-corrected chi connectivity index (χ4v) is 0.630. The molecular weight excluding hydrogens is 224 g/mol. The van der Waals surface area contributed by atoms with E-state index in [1.807, 2.05) is 6.92 Å². The Morgan fingerprint density at radius 2 is 2.00 bits per heavy atom. The van der Waals surface area contributed by atoms with Crippen molar-refractivity contribution in [3.63, 3.8) is 0 Å². The second-order valence-electron chi connectivity index (χ2n) is 2.02. The molecule has 0 fully saturated rings. The van der Waals surface area contributed by atoms with E-state index >= 15 is 0 Å². The molecule has 0 unspecified atom stereocenters. The van der Waals surface area contributed by atoms with Gasteiger partial charge in [0.25, 0.3) is 3.79 Å². The van der Waals surface area contributed by atoms with Gasteiger partial charge in [-0.3, -0.25) is 5.41 Å². The van der Waals surface area contributed by atoms with Gasteiger partial charge in [0.05, 0.1) is 0 Å². The summed E-state index contributed by atoms with van der Waals surface area (Å²) in [6.07, 6.45) is 0.0488. The zero-order valence-corrected chi connectivity index (χ0v) is 9.00. The number of rotatable bonds is 3. The van der Waals surface area contributed by atoms with Crippen LogP contribution in [0, 0.1) is 5.41 Å². The van der Waals surface area contributed by atoms with E-state index in [2.05, 4.69) is 0 Å². The van der Waals surface area contributed by atoms with Crippen LogP contribution in [0.1, 0.15) is 13.3 Å². The lowest BCUT2D eigenvalue weighted by Gasteiger charge is -2.19. The lowest BCUT2D eigenvalue weighted by molar-refractivity contribution is -0.0656. The van der Waals surface area contributed by atoms with Crippen molar-refractivity contribution in [2.75, 3.05) is 7.11 Å². The van der Waals surface area contributed by atoms with Crippen LogP contribution in [0.5, 0.6) is 0 Å². The lowest BCUT2D eigenvalue weighted by Crippen LogP contribution is -2.27. The highest BCUT2D eigenvalue weighted by Gasteiger charge is 2.30. The first-order valence-electron chi connectivity index (χ1n) is 3.27. The lowest BCUT2D eigenvalue weighted by atomic mass is 10.5. The van der Waals surface area contributed by atoms with Crippen LogP contribution in [0.4, 0.5) is 0 Å². The maximum absolute atomic E-state index is 7.18. The molecule has 1 atom stereocenters. The average molecular weight is 235 g/mol.